The van der Waals surface area contributed by atoms with Gasteiger partial charge in [-0.15, -0.1) is 0 Å². The van der Waals surface area contributed by atoms with Gasteiger partial charge < -0.3 is 15.4 Å². The van der Waals surface area contributed by atoms with Gasteiger partial charge in [-0.3, -0.25) is 4.79 Å². The van der Waals surface area contributed by atoms with Crippen molar-refractivity contribution in [3.05, 3.63) is 0 Å². The fourth-order valence-electron chi connectivity index (χ4n) is 4.03. The van der Waals surface area contributed by atoms with Crippen molar-refractivity contribution in [3.63, 3.8) is 0 Å². The molecule has 22 heavy (non-hydrogen) atoms. The standard InChI is InChI=1S/C18H34N2O2/c1-15(8-9-16-6-4-3-5-7-16)20-17(21)18(14-22-2)10-12-19-13-11-18/h15-16,19H,3-14H2,1-2H3,(H,20,21). The third-order valence-electron chi connectivity index (χ3n) is 5.57. The first-order valence-electron chi connectivity index (χ1n) is 9.17. The molecular weight excluding hydrogens is 276 g/mol. The van der Waals surface area contributed by atoms with Gasteiger partial charge in [0.25, 0.3) is 0 Å². The van der Waals surface area contributed by atoms with E-state index in [-0.39, 0.29) is 17.4 Å². The van der Waals surface area contributed by atoms with Crippen molar-refractivity contribution in [1.82, 2.24) is 10.6 Å². The topological polar surface area (TPSA) is 50.4 Å². The van der Waals surface area contributed by atoms with E-state index in [1.165, 1.54) is 38.5 Å². The summed E-state index contributed by atoms with van der Waals surface area (Å²) in [6.07, 6.45) is 11.1. The number of piperidine rings is 1. The number of carbonyl (C=O) groups is 1. The zero-order valence-corrected chi connectivity index (χ0v) is 14.5. The van der Waals surface area contributed by atoms with Crippen LogP contribution in [0.3, 0.4) is 0 Å². The van der Waals surface area contributed by atoms with Crippen molar-refractivity contribution in [1.29, 1.82) is 0 Å². The Morgan fingerprint density at radius 2 is 1.95 bits per heavy atom. The molecule has 1 saturated heterocycles. The van der Waals surface area contributed by atoms with E-state index in [4.69, 9.17) is 4.74 Å². The Balaban J connectivity index is 1.78. The Morgan fingerprint density at radius 1 is 1.27 bits per heavy atom. The van der Waals surface area contributed by atoms with Crippen LogP contribution in [0.25, 0.3) is 0 Å². The van der Waals surface area contributed by atoms with Gasteiger partial charge in [-0.1, -0.05) is 32.1 Å². The van der Waals surface area contributed by atoms with Gasteiger partial charge in [-0.2, -0.15) is 0 Å². The Bertz CT molecular complexity index is 328. The number of rotatable bonds is 7. The molecule has 2 N–H and O–H groups in total. The second-order valence-corrected chi connectivity index (χ2v) is 7.42. The highest BCUT2D eigenvalue weighted by Crippen LogP contribution is 2.30. The van der Waals surface area contributed by atoms with Gasteiger partial charge in [0.15, 0.2) is 0 Å². The summed E-state index contributed by atoms with van der Waals surface area (Å²) in [6, 6.07) is 0.276. The van der Waals surface area contributed by atoms with Gasteiger partial charge in [0.1, 0.15) is 0 Å². The second-order valence-electron chi connectivity index (χ2n) is 7.42. The van der Waals surface area contributed by atoms with E-state index in [0.717, 1.165) is 38.3 Å². The monoisotopic (exact) mass is 310 g/mol. The molecule has 1 aliphatic carbocycles. The molecule has 2 rings (SSSR count). The number of ether oxygens (including phenoxy) is 1. The summed E-state index contributed by atoms with van der Waals surface area (Å²) in [4.78, 5) is 12.8. The molecule has 0 aromatic heterocycles. The van der Waals surface area contributed by atoms with Crippen molar-refractivity contribution < 1.29 is 9.53 Å². The molecular formula is C18H34N2O2. The molecule has 0 radical (unpaired) electrons. The van der Waals surface area contributed by atoms with E-state index in [1.54, 1.807) is 7.11 Å². The lowest BCUT2D eigenvalue weighted by atomic mass is 9.78. The molecule has 0 aromatic rings. The van der Waals surface area contributed by atoms with E-state index in [0.29, 0.717) is 6.61 Å². The summed E-state index contributed by atoms with van der Waals surface area (Å²) in [7, 11) is 1.70. The van der Waals surface area contributed by atoms with Crippen molar-refractivity contribution >= 4 is 5.91 Å². The molecule has 0 spiro atoms. The number of carbonyl (C=O) groups excluding carboxylic acids is 1. The average Bonchev–Trinajstić information content (AvgIpc) is 2.55. The molecule has 4 nitrogen and oxygen atoms in total. The smallest absolute Gasteiger partial charge is 0.228 e. The summed E-state index contributed by atoms with van der Waals surface area (Å²) in [5, 5.41) is 6.61. The predicted molar refractivity (Wildman–Crippen MR) is 89.8 cm³/mol. The normalized spacial score (nSPS) is 23.9. The van der Waals surface area contributed by atoms with E-state index in [2.05, 4.69) is 17.6 Å². The van der Waals surface area contributed by atoms with Crippen LogP contribution in [-0.2, 0) is 9.53 Å². The van der Waals surface area contributed by atoms with Crippen LogP contribution in [-0.4, -0.2) is 38.8 Å². The SMILES string of the molecule is COCC1(C(=O)NC(C)CCC2CCCCC2)CCNCC1. The number of methoxy groups -OCH3 is 1. The van der Waals surface area contributed by atoms with E-state index >= 15 is 0 Å². The third kappa shape index (κ3) is 4.95. The van der Waals surface area contributed by atoms with Crippen LogP contribution in [0.4, 0.5) is 0 Å². The minimum absolute atomic E-state index is 0.201. The lowest BCUT2D eigenvalue weighted by Crippen LogP contribution is -2.52. The van der Waals surface area contributed by atoms with Crippen LogP contribution < -0.4 is 10.6 Å². The molecule has 128 valence electrons. The highest BCUT2D eigenvalue weighted by Gasteiger charge is 2.40. The molecule has 2 aliphatic rings. The predicted octanol–water partition coefficient (Wildman–Crippen LogP) is 2.87. The molecule has 1 atom stereocenters. The Labute approximate surface area is 135 Å². The molecule has 4 heteroatoms. The number of amides is 1. The highest BCUT2D eigenvalue weighted by atomic mass is 16.5. The average molecular weight is 310 g/mol. The Morgan fingerprint density at radius 3 is 2.59 bits per heavy atom. The molecule has 1 unspecified atom stereocenters. The Kier molecular flexibility index (Phi) is 7.16. The molecule has 1 amide bonds. The zero-order valence-electron chi connectivity index (χ0n) is 14.5. The van der Waals surface area contributed by atoms with Crippen LogP contribution in [0.2, 0.25) is 0 Å². The van der Waals surface area contributed by atoms with Crippen molar-refractivity contribution in [2.75, 3.05) is 26.8 Å². The van der Waals surface area contributed by atoms with Gasteiger partial charge in [-0.05, 0) is 51.6 Å². The zero-order chi connectivity index (χ0) is 15.8. The van der Waals surface area contributed by atoms with E-state index in [9.17, 15) is 4.79 Å². The molecule has 0 bridgehead atoms. The van der Waals surface area contributed by atoms with Crippen molar-refractivity contribution in [3.8, 4) is 0 Å². The van der Waals surface area contributed by atoms with Gasteiger partial charge in [0.05, 0.1) is 12.0 Å². The number of hydrogen-bond donors (Lipinski definition) is 2. The van der Waals surface area contributed by atoms with Crippen LogP contribution >= 0.6 is 0 Å². The van der Waals surface area contributed by atoms with Crippen LogP contribution in [0.15, 0.2) is 0 Å². The molecule has 1 saturated carbocycles. The Hall–Kier alpha value is -0.610. The van der Waals surface area contributed by atoms with E-state index < -0.39 is 0 Å². The molecule has 1 aliphatic heterocycles. The third-order valence-corrected chi connectivity index (χ3v) is 5.57. The summed E-state index contributed by atoms with van der Waals surface area (Å²) < 4.78 is 5.35. The number of hydrogen-bond acceptors (Lipinski definition) is 3. The maximum atomic E-state index is 12.8. The fraction of sp³-hybridized carbons (Fsp3) is 0.944. The first kappa shape index (κ1) is 17.7. The van der Waals surface area contributed by atoms with Gasteiger partial charge >= 0.3 is 0 Å². The lowest BCUT2D eigenvalue weighted by Gasteiger charge is -2.36. The second kappa shape index (κ2) is 8.88. The number of nitrogens with one attached hydrogen (secondary N) is 2. The van der Waals surface area contributed by atoms with E-state index in [1.807, 2.05) is 0 Å². The first-order chi connectivity index (χ1) is 10.7. The summed E-state index contributed by atoms with van der Waals surface area (Å²) in [5.41, 5.74) is -0.320. The van der Waals surface area contributed by atoms with Crippen LogP contribution in [0.5, 0.6) is 0 Å². The summed E-state index contributed by atoms with van der Waals surface area (Å²) >= 11 is 0. The quantitative estimate of drug-likeness (QED) is 0.760. The van der Waals surface area contributed by atoms with Gasteiger partial charge in [0, 0.05) is 13.2 Å². The van der Waals surface area contributed by atoms with Crippen molar-refractivity contribution in [2.45, 2.75) is 70.8 Å². The maximum Gasteiger partial charge on any atom is 0.228 e. The lowest BCUT2D eigenvalue weighted by molar-refractivity contribution is -0.136. The molecule has 2 fully saturated rings. The van der Waals surface area contributed by atoms with Crippen molar-refractivity contribution in [2.24, 2.45) is 11.3 Å². The van der Waals surface area contributed by atoms with Crippen LogP contribution in [0.1, 0.15) is 64.7 Å². The minimum atomic E-state index is -0.320. The summed E-state index contributed by atoms with van der Waals surface area (Å²) in [5.74, 6) is 1.09. The summed E-state index contributed by atoms with van der Waals surface area (Å²) in [6.45, 7) is 4.51. The molecule has 0 aromatic carbocycles. The molecule has 1 heterocycles. The first-order valence-corrected chi connectivity index (χ1v) is 9.17. The van der Waals surface area contributed by atoms with Gasteiger partial charge in [-0.25, -0.2) is 0 Å². The van der Waals surface area contributed by atoms with Crippen LogP contribution in [0, 0.1) is 11.3 Å². The van der Waals surface area contributed by atoms with Gasteiger partial charge in [0.2, 0.25) is 5.91 Å². The fourth-order valence-corrected chi connectivity index (χ4v) is 4.03. The minimum Gasteiger partial charge on any atom is -0.384 e. The maximum absolute atomic E-state index is 12.8. The highest BCUT2D eigenvalue weighted by molar-refractivity contribution is 5.83. The largest absolute Gasteiger partial charge is 0.384 e.